The number of benzene rings is 1. The van der Waals surface area contributed by atoms with Crippen molar-refractivity contribution in [2.75, 3.05) is 7.11 Å². The molecule has 2 rings (SSSR count). The van der Waals surface area contributed by atoms with Crippen LogP contribution in [0.5, 0.6) is 0 Å². The molecule has 1 aromatic carbocycles. The molecular weight excluding hydrogens is 322 g/mol. The molecule has 0 aliphatic carbocycles. The highest BCUT2D eigenvalue weighted by Gasteiger charge is 2.22. The second-order valence-electron chi connectivity index (χ2n) is 4.63. The van der Waals surface area contributed by atoms with Gasteiger partial charge in [-0.15, -0.1) is 0 Å². The van der Waals surface area contributed by atoms with Gasteiger partial charge in [-0.3, -0.25) is 14.4 Å². The van der Waals surface area contributed by atoms with Gasteiger partial charge in [0.1, 0.15) is 5.69 Å². The number of esters is 1. The van der Waals surface area contributed by atoms with Gasteiger partial charge in [0.15, 0.2) is 0 Å². The lowest BCUT2D eigenvalue weighted by molar-refractivity contribution is -0.141. The van der Waals surface area contributed by atoms with Crippen LogP contribution < -0.4 is 10.9 Å². The van der Waals surface area contributed by atoms with Crippen molar-refractivity contribution in [1.29, 1.82) is 0 Å². The van der Waals surface area contributed by atoms with Gasteiger partial charge in [-0.25, -0.2) is 5.10 Å². The maximum atomic E-state index is 12.2. The molecule has 120 valence electrons. The monoisotopic (exact) mass is 335 g/mol. The quantitative estimate of drug-likeness (QED) is 0.805. The first-order valence-electron chi connectivity index (χ1n) is 6.69. The minimum atomic E-state index is -0.683. The number of hydrogen-bond acceptors (Lipinski definition) is 5. The summed E-state index contributed by atoms with van der Waals surface area (Å²) in [6, 6.07) is 8.64. The van der Waals surface area contributed by atoms with E-state index >= 15 is 0 Å². The van der Waals surface area contributed by atoms with Crippen molar-refractivity contribution < 1.29 is 14.3 Å². The summed E-state index contributed by atoms with van der Waals surface area (Å²) < 4.78 is 4.65. The van der Waals surface area contributed by atoms with Crippen LogP contribution >= 0.6 is 11.6 Å². The lowest BCUT2D eigenvalue weighted by atomic mass is 10.0. The van der Waals surface area contributed by atoms with Gasteiger partial charge in [0.2, 0.25) is 0 Å². The normalized spacial score (nSPS) is 11.6. The molecule has 0 spiro atoms. The predicted molar refractivity (Wildman–Crippen MR) is 83.1 cm³/mol. The summed E-state index contributed by atoms with van der Waals surface area (Å²) in [6.07, 6.45) is -0.0880. The number of aromatic nitrogens is 2. The number of halogens is 1. The van der Waals surface area contributed by atoms with E-state index in [9.17, 15) is 14.4 Å². The molecule has 0 saturated carbocycles. The van der Waals surface area contributed by atoms with Crippen LogP contribution in [0.4, 0.5) is 0 Å². The van der Waals surface area contributed by atoms with Crippen LogP contribution in [0.3, 0.4) is 0 Å². The van der Waals surface area contributed by atoms with Crippen LogP contribution in [0.2, 0.25) is 5.02 Å². The fourth-order valence-corrected chi connectivity index (χ4v) is 2.22. The minimum absolute atomic E-state index is 0.0199. The zero-order valence-corrected chi connectivity index (χ0v) is 13.0. The molecule has 0 aliphatic rings. The number of nitrogens with one attached hydrogen (secondary N) is 2. The number of H-pyrrole nitrogens is 1. The average Bonchev–Trinajstić information content (AvgIpc) is 2.55. The van der Waals surface area contributed by atoms with Gasteiger partial charge in [0.05, 0.1) is 19.6 Å². The van der Waals surface area contributed by atoms with Crippen molar-refractivity contribution in [3.05, 3.63) is 63.0 Å². The number of rotatable bonds is 5. The van der Waals surface area contributed by atoms with E-state index in [0.29, 0.717) is 10.6 Å². The second-order valence-corrected chi connectivity index (χ2v) is 5.04. The standard InChI is InChI=1S/C15H14ClN3O4/c1-23-14(21)8-12(9-4-2-3-5-10(9)16)17-15(22)11-6-7-13(20)19-18-11/h2-7,12H,8H2,1H3,(H,17,22)(H,19,20). The fraction of sp³-hybridized carbons (Fsp3) is 0.200. The Morgan fingerprint density at radius 2 is 2.04 bits per heavy atom. The molecule has 0 saturated heterocycles. The molecule has 2 aromatic rings. The van der Waals surface area contributed by atoms with Gasteiger partial charge >= 0.3 is 5.97 Å². The summed E-state index contributed by atoms with van der Waals surface area (Å²) >= 11 is 6.13. The van der Waals surface area contributed by atoms with Gasteiger partial charge in [-0.05, 0) is 17.7 Å². The molecule has 23 heavy (non-hydrogen) atoms. The molecule has 0 aliphatic heterocycles. The largest absolute Gasteiger partial charge is 0.469 e. The molecule has 0 fully saturated rings. The number of methoxy groups -OCH3 is 1. The second kappa shape index (κ2) is 7.55. The highest BCUT2D eigenvalue weighted by Crippen LogP contribution is 2.25. The van der Waals surface area contributed by atoms with E-state index in [4.69, 9.17) is 11.6 Å². The van der Waals surface area contributed by atoms with E-state index in [-0.39, 0.29) is 12.1 Å². The van der Waals surface area contributed by atoms with Crippen LogP contribution in [0.15, 0.2) is 41.2 Å². The number of hydrogen-bond donors (Lipinski definition) is 2. The van der Waals surface area contributed by atoms with Crippen molar-refractivity contribution in [3.8, 4) is 0 Å². The molecule has 1 amide bonds. The Kier molecular flexibility index (Phi) is 5.48. The SMILES string of the molecule is COC(=O)CC(NC(=O)c1ccc(=O)[nH]n1)c1ccccc1Cl. The summed E-state index contributed by atoms with van der Waals surface area (Å²) in [6.45, 7) is 0. The fourth-order valence-electron chi connectivity index (χ4n) is 1.95. The van der Waals surface area contributed by atoms with Crippen molar-refractivity contribution >= 4 is 23.5 Å². The highest BCUT2D eigenvalue weighted by molar-refractivity contribution is 6.31. The molecule has 1 heterocycles. The molecule has 0 radical (unpaired) electrons. The van der Waals surface area contributed by atoms with E-state index in [1.54, 1.807) is 24.3 Å². The van der Waals surface area contributed by atoms with Crippen molar-refractivity contribution in [3.63, 3.8) is 0 Å². The zero-order valence-electron chi connectivity index (χ0n) is 12.2. The summed E-state index contributed by atoms with van der Waals surface area (Å²) in [4.78, 5) is 34.8. The Bertz CT molecular complexity index is 755. The number of nitrogens with zero attached hydrogens (tertiary/aromatic N) is 1. The molecule has 1 aromatic heterocycles. The van der Waals surface area contributed by atoms with Crippen LogP contribution in [0.1, 0.15) is 28.5 Å². The lowest BCUT2D eigenvalue weighted by Gasteiger charge is -2.19. The Balaban J connectivity index is 2.25. The first kappa shape index (κ1) is 16.7. The Morgan fingerprint density at radius 3 is 2.65 bits per heavy atom. The van der Waals surface area contributed by atoms with E-state index in [1.807, 2.05) is 0 Å². The van der Waals surface area contributed by atoms with Crippen molar-refractivity contribution in [1.82, 2.24) is 15.5 Å². The molecule has 8 heteroatoms. The van der Waals surface area contributed by atoms with E-state index in [1.165, 1.54) is 19.2 Å². The van der Waals surface area contributed by atoms with Gasteiger partial charge in [0, 0.05) is 11.1 Å². The highest BCUT2D eigenvalue weighted by atomic mass is 35.5. The average molecular weight is 336 g/mol. The van der Waals surface area contributed by atoms with Crippen LogP contribution in [-0.4, -0.2) is 29.2 Å². The third kappa shape index (κ3) is 4.40. The third-order valence-electron chi connectivity index (χ3n) is 3.10. The Hall–Kier alpha value is -2.67. The first-order valence-corrected chi connectivity index (χ1v) is 7.07. The summed E-state index contributed by atoms with van der Waals surface area (Å²) in [5.74, 6) is -1.04. The van der Waals surface area contributed by atoms with Crippen LogP contribution in [-0.2, 0) is 9.53 Å². The molecular formula is C15H14ClN3O4. The van der Waals surface area contributed by atoms with Gasteiger partial charge in [-0.1, -0.05) is 29.8 Å². The topological polar surface area (TPSA) is 101 Å². The molecule has 1 unspecified atom stereocenters. The third-order valence-corrected chi connectivity index (χ3v) is 3.44. The Labute approximate surface area is 136 Å². The molecule has 1 atom stereocenters. The van der Waals surface area contributed by atoms with Crippen molar-refractivity contribution in [2.45, 2.75) is 12.5 Å². The van der Waals surface area contributed by atoms with Crippen molar-refractivity contribution in [2.24, 2.45) is 0 Å². The predicted octanol–water partition coefficient (Wildman–Crippen LogP) is 1.46. The first-order chi connectivity index (χ1) is 11.0. The number of ether oxygens (including phenoxy) is 1. The Morgan fingerprint density at radius 1 is 1.30 bits per heavy atom. The molecule has 0 bridgehead atoms. The molecule has 7 nitrogen and oxygen atoms in total. The number of carbonyl (C=O) groups excluding carboxylic acids is 2. The summed E-state index contributed by atoms with van der Waals surface area (Å²) in [7, 11) is 1.26. The van der Waals surface area contributed by atoms with Crippen LogP contribution in [0.25, 0.3) is 0 Å². The van der Waals surface area contributed by atoms with E-state index in [0.717, 1.165) is 0 Å². The lowest BCUT2D eigenvalue weighted by Crippen LogP contribution is -2.32. The van der Waals surface area contributed by atoms with Gasteiger partial charge < -0.3 is 10.1 Å². The van der Waals surface area contributed by atoms with Gasteiger partial charge in [-0.2, -0.15) is 5.10 Å². The van der Waals surface area contributed by atoms with Crippen LogP contribution in [0, 0.1) is 0 Å². The number of amides is 1. The number of carbonyl (C=O) groups is 2. The smallest absolute Gasteiger partial charge is 0.307 e. The summed E-state index contributed by atoms with van der Waals surface area (Å²) in [5, 5.41) is 8.90. The zero-order chi connectivity index (χ0) is 16.8. The molecule has 2 N–H and O–H groups in total. The summed E-state index contributed by atoms with van der Waals surface area (Å²) in [5.41, 5.74) is 0.183. The maximum absolute atomic E-state index is 12.2. The van der Waals surface area contributed by atoms with E-state index in [2.05, 4.69) is 20.3 Å². The van der Waals surface area contributed by atoms with Gasteiger partial charge in [0.25, 0.3) is 11.5 Å². The minimum Gasteiger partial charge on any atom is -0.469 e. The maximum Gasteiger partial charge on any atom is 0.307 e. The van der Waals surface area contributed by atoms with E-state index < -0.39 is 23.5 Å². The number of aromatic amines is 1.